The van der Waals surface area contributed by atoms with Crippen LogP contribution in [-0.2, 0) is 6.54 Å². The summed E-state index contributed by atoms with van der Waals surface area (Å²) in [5.74, 6) is 0. The largest absolute Gasteiger partial charge is 0.310 e. The van der Waals surface area contributed by atoms with E-state index in [2.05, 4.69) is 4.98 Å². The monoisotopic (exact) mass is 310 g/mol. The maximum atomic E-state index is 12.3. The highest BCUT2D eigenvalue weighted by atomic mass is 35.5. The lowest BCUT2D eigenvalue weighted by Crippen LogP contribution is -2.31. The van der Waals surface area contributed by atoms with Gasteiger partial charge in [-0.1, -0.05) is 35.1 Å². The first-order valence-electron chi connectivity index (χ1n) is 5.38. The molecule has 96 valence electrons. The minimum atomic E-state index is -0.274. The first-order valence-corrected chi connectivity index (χ1v) is 7.39. The standard InChI is InChI=1S/C12H7ClN2O2S2/c13-11-14-5-7(18-11)6-15-10(16)8-3-1-2-4-9(8)19-12(15)17/h1-5H,6H2. The van der Waals surface area contributed by atoms with Gasteiger partial charge in [0.1, 0.15) is 0 Å². The molecule has 0 atom stereocenters. The molecule has 0 aliphatic heterocycles. The fourth-order valence-corrected chi connectivity index (χ4v) is 3.58. The minimum Gasteiger partial charge on any atom is -0.269 e. The summed E-state index contributed by atoms with van der Waals surface area (Å²) in [6.07, 6.45) is 1.58. The van der Waals surface area contributed by atoms with Crippen molar-refractivity contribution >= 4 is 44.4 Å². The average molecular weight is 311 g/mol. The summed E-state index contributed by atoms with van der Waals surface area (Å²) in [7, 11) is 0. The molecule has 0 spiro atoms. The number of hydrogen-bond acceptors (Lipinski definition) is 5. The summed E-state index contributed by atoms with van der Waals surface area (Å²) in [5.41, 5.74) is -0.274. The number of nitrogens with zero attached hydrogens (tertiary/aromatic N) is 2. The van der Waals surface area contributed by atoms with Crippen LogP contribution < -0.4 is 10.4 Å². The van der Waals surface area contributed by atoms with Crippen molar-refractivity contribution in [1.82, 2.24) is 9.55 Å². The van der Waals surface area contributed by atoms with E-state index < -0.39 is 0 Å². The zero-order chi connectivity index (χ0) is 13.4. The van der Waals surface area contributed by atoms with Crippen LogP contribution in [0.3, 0.4) is 0 Å². The molecule has 0 bridgehead atoms. The summed E-state index contributed by atoms with van der Waals surface area (Å²) in [6.45, 7) is 0.212. The lowest BCUT2D eigenvalue weighted by Gasteiger charge is -2.03. The average Bonchev–Trinajstić information content (AvgIpc) is 2.80. The molecule has 0 unspecified atom stereocenters. The van der Waals surface area contributed by atoms with Gasteiger partial charge in [0.2, 0.25) is 0 Å². The highest BCUT2D eigenvalue weighted by molar-refractivity contribution is 7.16. The van der Waals surface area contributed by atoms with Crippen LogP contribution in [0.2, 0.25) is 4.47 Å². The summed E-state index contributed by atoms with van der Waals surface area (Å²) in [6, 6.07) is 7.10. The summed E-state index contributed by atoms with van der Waals surface area (Å²) < 4.78 is 2.33. The Morgan fingerprint density at radius 3 is 2.74 bits per heavy atom. The molecule has 0 aliphatic carbocycles. The topological polar surface area (TPSA) is 52.0 Å². The van der Waals surface area contributed by atoms with Crippen molar-refractivity contribution in [3.8, 4) is 0 Å². The summed E-state index contributed by atoms with van der Waals surface area (Å²) in [5, 5.41) is 0.558. The Balaban J connectivity index is 2.18. The molecule has 1 aromatic carbocycles. The maximum Gasteiger partial charge on any atom is 0.310 e. The van der Waals surface area contributed by atoms with Crippen LogP contribution in [0, 0.1) is 0 Å². The van der Waals surface area contributed by atoms with E-state index in [1.807, 2.05) is 6.07 Å². The summed E-state index contributed by atoms with van der Waals surface area (Å²) >= 11 is 8.08. The zero-order valence-electron chi connectivity index (χ0n) is 9.50. The Morgan fingerprint density at radius 2 is 2.00 bits per heavy atom. The third kappa shape index (κ3) is 2.34. The second kappa shape index (κ2) is 4.88. The predicted octanol–water partition coefficient (Wildman–Crippen LogP) is 2.58. The van der Waals surface area contributed by atoms with Crippen LogP contribution in [-0.4, -0.2) is 9.55 Å². The Labute approximate surface area is 120 Å². The number of rotatable bonds is 2. The van der Waals surface area contributed by atoms with Crippen LogP contribution >= 0.6 is 34.3 Å². The quantitative estimate of drug-likeness (QED) is 0.731. The number of benzene rings is 1. The molecule has 2 aromatic heterocycles. The number of aromatic nitrogens is 2. The van der Waals surface area contributed by atoms with Crippen molar-refractivity contribution in [3.63, 3.8) is 0 Å². The molecule has 2 heterocycles. The second-order valence-electron chi connectivity index (χ2n) is 3.83. The number of hydrogen-bond donors (Lipinski definition) is 0. The third-order valence-electron chi connectivity index (χ3n) is 2.62. The highest BCUT2D eigenvalue weighted by Gasteiger charge is 2.09. The number of thiazole rings is 1. The van der Waals surface area contributed by atoms with Gasteiger partial charge in [-0.3, -0.25) is 14.2 Å². The van der Waals surface area contributed by atoms with E-state index in [4.69, 9.17) is 11.6 Å². The Hall–Kier alpha value is -1.50. The van der Waals surface area contributed by atoms with Gasteiger partial charge in [-0.15, -0.1) is 11.3 Å². The molecule has 0 N–H and O–H groups in total. The SMILES string of the molecule is O=c1sc2ccccc2c(=O)n1Cc1cnc(Cl)s1. The van der Waals surface area contributed by atoms with E-state index >= 15 is 0 Å². The molecule has 0 radical (unpaired) electrons. The van der Waals surface area contributed by atoms with E-state index in [1.165, 1.54) is 15.9 Å². The van der Waals surface area contributed by atoms with Crippen molar-refractivity contribution in [2.45, 2.75) is 6.54 Å². The van der Waals surface area contributed by atoms with E-state index in [9.17, 15) is 9.59 Å². The molecule has 0 saturated heterocycles. The van der Waals surface area contributed by atoms with Gasteiger partial charge in [0.15, 0.2) is 4.47 Å². The van der Waals surface area contributed by atoms with E-state index in [1.54, 1.807) is 24.4 Å². The predicted molar refractivity (Wildman–Crippen MR) is 78.6 cm³/mol. The van der Waals surface area contributed by atoms with E-state index in [0.717, 1.165) is 16.2 Å². The molecule has 0 aliphatic rings. The molecule has 19 heavy (non-hydrogen) atoms. The Bertz CT molecular complexity index is 866. The van der Waals surface area contributed by atoms with Gasteiger partial charge in [-0.05, 0) is 12.1 Å². The van der Waals surface area contributed by atoms with Gasteiger partial charge in [0.25, 0.3) is 5.56 Å². The van der Waals surface area contributed by atoms with Crippen LogP contribution in [0.4, 0.5) is 0 Å². The number of halogens is 1. The third-order valence-corrected chi connectivity index (χ3v) is 4.69. The molecule has 3 aromatic rings. The lowest BCUT2D eigenvalue weighted by molar-refractivity contribution is 0.761. The van der Waals surface area contributed by atoms with Crippen LogP contribution in [0.25, 0.3) is 10.1 Å². The highest BCUT2D eigenvalue weighted by Crippen LogP contribution is 2.18. The fraction of sp³-hybridized carbons (Fsp3) is 0.0833. The summed E-state index contributed by atoms with van der Waals surface area (Å²) in [4.78, 5) is 28.7. The Kier molecular flexibility index (Phi) is 3.22. The van der Waals surface area contributed by atoms with Crippen LogP contribution in [0.5, 0.6) is 0 Å². The fourth-order valence-electron chi connectivity index (χ4n) is 1.76. The first kappa shape index (κ1) is 12.5. The first-order chi connectivity index (χ1) is 9.15. The molecule has 0 fully saturated rings. The minimum absolute atomic E-state index is 0.212. The van der Waals surface area contributed by atoms with Crippen molar-refractivity contribution in [1.29, 1.82) is 0 Å². The number of fused-ring (bicyclic) bond motifs is 1. The molecule has 4 nitrogen and oxygen atoms in total. The van der Waals surface area contributed by atoms with Crippen molar-refractivity contribution in [2.24, 2.45) is 0 Å². The molecular weight excluding hydrogens is 304 g/mol. The second-order valence-corrected chi connectivity index (χ2v) is 6.53. The zero-order valence-corrected chi connectivity index (χ0v) is 11.9. The van der Waals surface area contributed by atoms with E-state index in [0.29, 0.717) is 14.6 Å². The van der Waals surface area contributed by atoms with Crippen molar-refractivity contribution in [2.75, 3.05) is 0 Å². The van der Waals surface area contributed by atoms with E-state index in [-0.39, 0.29) is 17.0 Å². The van der Waals surface area contributed by atoms with Gasteiger partial charge in [-0.25, -0.2) is 4.98 Å². The van der Waals surface area contributed by atoms with Crippen molar-refractivity contribution < 1.29 is 0 Å². The van der Waals surface area contributed by atoms with Gasteiger partial charge >= 0.3 is 4.87 Å². The molecule has 7 heteroatoms. The maximum absolute atomic E-state index is 12.3. The van der Waals surface area contributed by atoms with Crippen LogP contribution in [0.1, 0.15) is 4.88 Å². The molecule has 0 saturated carbocycles. The Morgan fingerprint density at radius 1 is 1.21 bits per heavy atom. The van der Waals surface area contributed by atoms with Crippen molar-refractivity contribution in [3.05, 3.63) is 59.8 Å². The molecular formula is C12H7ClN2O2S2. The molecule has 0 amide bonds. The van der Waals surface area contributed by atoms with Gasteiger partial charge in [-0.2, -0.15) is 0 Å². The molecule has 3 rings (SSSR count). The lowest BCUT2D eigenvalue weighted by atomic mass is 10.3. The normalized spacial score (nSPS) is 11.0. The smallest absolute Gasteiger partial charge is 0.269 e. The van der Waals surface area contributed by atoms with Crippen LogP contribution in [0.15, 0.2) is 40.1 Å². The van der Waals surface area contributed by atoms with Gasteiger partial charge in [0, 0.05) is 15.8 Å². The van der Waals surface area contributed by atoms with Gasteiger partial charge < -0.3 is 0 Å². The van der Waals surface area contributed by atoms with Gasteiger partial charge in [0.05, 0.1) is 11.9 Å².